The number of aliphatic imine (C=N–C) groups is 1. The maximum Gasteiger partial charge on any atom is 0.266 e. The van der Waals surface area contributed by atoms with E-state index in [4.69, 9.17) is 4.74 Å². The maximum absolute atomic E-state index is 12.9. The van der Waals surface area contributed by atoms with Crippen LogP contribution in [0.1, 0.15) is 19.4 Å². The smallest absolute Gasteiger partial charge is 0.266 e. The Kier molecular flexibility index (Phi) is 5.86. The van der Waals surface area contributed by atoms with Crippen molar-refractivity contribution in [1.82, 2.24) is 4.90 Å². The predicted molar refractivity (Wildman–Crippen MR) is 110 cm³/mol. The molecule has 3 rings (SSSR count). The molecule has 1 amide bonds. The third-order valence-electron chi connectivity index (χ3n) is 3.92. The van der Waals surface area contributed by atoms with Gasteiger partial charge in [0.25, 0.3) is 5.91 Å². The minimum atomic E-state index is -0.0472. The average molecular weight is 382 g/mol. The van der Waals surface area contributed by atoms with Crippen molar-refractivity contribution in [2.45, 2.75) is 13.8 Å². The number of amides is 1. The van der Waals surface area contributed by atoms with E-state index in [1.807, 2.05) is 30.3 Å². The minimum absolute atomic E-state index is 0.0472. The number of methoxy groups -OCH3 is 1. The molecule has 1 aliphatic rings. The van der Waals surface area contributed by atoms with Crippen molar-refractivity contribution in [2.75, 3.05) is 13.7 Å². The van der Waals surface area contributed by atoms with Crippen LogP contribution in [0.2, 0.25) is 0 Å². The zero-order valence-corrected chi connectivity index (χ0v) is 16.4. The van der Waals surface area contributed by atoms with Gasteiger partial charge in [-0.3, -0.25) is 9.69 Å². The van der Waals surface area contributed by atoms with E-state index < -0.39 is 0 Å². The summed E-state index contributed by atoms with van der Waals surface area (Å²) in [6, 6.07) is 14.2. The van der Waals surface area contributed by atoms with E-state index in [1.165, 1.54) is 11.8 Å². The average Bonchev–Trinajstić information content (AvgIpc) is 2.92. The lowest BCUT2D eigenvalue weighted by Gasteiger charge is -2.17. The SMILES string of the molecule is COc1ccc(N=C2S/C(=C/c3ccc(O)cc3)C(=O)N2CC(C)C)cc1. The molecule has 1 N–H and O–H groups in total. The first-order chi connectivity index (χ1) is 13.0. The zero-order chi connectivity index (χ0) is 19.4. The number of hydrogen-bond donors (Lipinski definition) is 1. The topological polar surface area (TPSA) is 62.1 Å². The van der Waals surface area contributed by atoms with E-state index in [0.29, 0.717) is 22.5 Å². The number of benzene rings is 2. The van der Waals surface area contributed by atoms with Crippen molar-refractivity contribution >= 4 is 34.6 Å². The van der Waals surface area contributed by atoms with Gasteiger partial charge in [0.2, 0.25) is 0 Å². The molecule has 0 aliphatic carbocycles. The first-order valence-corrected chi connectivity index (χ1v) is 9.51. The number of rotatable bonds is 5. The zero-order valence-electron chi connectivity index (χ0n) is 15.5. The van der Waals surface area contributed by atoms with Crippen LogP contribution < -0.4 is 4.74 Å². The van der Waals surface area contributed by atoms with Crippen LogP contribution in [-0.2, 0) is 4.79 Å². The van der Waals surface area contributed by atoms with Gasteiger partial charge in [-0.05, 0) is 65.7 Å². The summed E-state index contributed by atoms with van der Waals surface area (Å²) in [4.78, 5) is 19.9. The van der Waals surface area contributed by atoms with Crippen molar-refractivity contribution in [3.63, 3.8) is 0 Å². The fourth-order valence-electron chi connectivity index (χ4n) is 2.61. The van der Waals surface area contributed by atoms with Gasteiger partial charge >= 0.3 is 0 Å². The second-order valence-corrected chi connectivity index (χ2v) is 7.61. The van der Waals surface area contributed by atoms with Gasteiger partial charge in [0.1, 0.15) is 11.5 Å². The molecule has 5 nitrogen and oxygen atoms in total. The van der Waals surface area contributed by atoms with Crippen LogP contribution in [0.25, 0.3) is 6.08 Å². The molecule has 1 fully saturated rings. The summed E-state index contributed by atoms with van der Waals surface area (Å²) in [6.07, 6.45) is 1.83. The third-order valence-corrected chi connectivity index (χ3v) is 4.93. The number of aromatic hydroxyl groups is 1. The second-order valence-electron chi connectivity index (χ2n) is 6.60. The summed E-state index contributed by atoms with van der Waals surface area (Å²) < 4.78 is 5.18. The normalized spacial score (nSPS) is 17.3. The number of phenolic OH excluding ortho intramolecular Hbond substituents is 1. The van der Waals surface area contributed by atoms with Crippen LogP contribution in [-0.4, -0.2) is 34.7 Å². The van der Waals surface area contributed by atoms with Crippen LogP contribution in [0.3, 0.4) is 0 Å². The molecule has 0 spiro atoms. The quantitative estimate of drug-likeness (QED) is 0.764. The van der Waals surface area contributed by atoms with Gasteiger partial charge in [-0.2, -0.15) is 0 Å². The number of ether oxygens (including phenoxy) is 1. The number of hydrogen-bond acceptors (Lipinski definition) is 5. The first-order valence-electron chi connectivity index (χ1n) is 8.69. The molecule has 0 aromatic heterocycles. The minimum Gasteiger partial charge on any atom is -0.508 e. The molecule has 6 heteroatoms. The van der Waals surface area contributed by atoms with E-state index in [-0.39, 0.29) is 11.7 Å². The molecule has 0 atom stereocenters. The summed E-state index contributed by atoms with van der Waals surface area (Å²) in [7, 11) is 1.62. The number of carbonyl (C=O) groups is 1. The summed E-state index contributed by atoms with van der Waals surface area (Å²) in [5.41, 5.74) is 1.63. The molecular formula is C21H22N2O3S. The van der Waals surface area contributed by atoms with Crippen molar-refractivity contribution < 1.29 is 14.6 Å². The number of carbonyl (C=O) groups excluding carboxylic acids is 1. The van der Waals surface area contributed by atoms with Gasteiger partial charge in [0.05, 0.1) is 17.7 Å². The van der Waals surface area contributed by atoms with Gasteiger partial charge in [-0.1, -0.05) is 26.0 Å². The highest BCUT2D eigenvalue weighted by Crippen LogP contribution is 2.35. The summed E-state index contributed by atoms with van der Waals surface area (Å²) in [5, 5.41) is 10.1. The van der Waals surface area contributed by atoms with Crippen LogP contribution in [0, 0.1) is 5.92 Å². The third kappa shape index (κ3) is 4.71. The molecule has 1 saturated heterocycles. The molecule has 27 heavy (non-hydrogen) atoms. The van der Waals surface area contributed by atoms with E-state index >= 15 is 0 Å². The van der Waals surface area contributed by atoms with E-state index in [0.717, 1.165) is 17.0 Å². The van der Waals surface area contributed by atoms with Crippen molar-refractivity contribution in [3.05, 3.63) is 59.0 Å². The first kappa shape index (κ1) is 19.0. The Morgan fingerprint density at radius 3 is 2.41 bits per heavy atom. The Balaban J connectivity index is 1.92. The van der Waals surface area contributed by atoms with Crippen LogP contribution >= 0.6 is 11.8 Å². The lowest BCUT2D eigenvalue weighted by atomic mass is 10.2. The number of amidine groups is 1. The van der Waals surface area contributed by atoms with Crippen molar-refractivity contribution in [3.8, 4) is 11.5 Å². The fraction of sp³-hybridized carbons (Fsp3) is 0.238. The van der Waals surface area contributed by atoms with Gasteiger partial charge < -0.3 is 9.84 Å². The summed E-state index contributed by atoms with van der Waals surface area (Å²) in [6.45, 7) is 4.75. The van der Waals surface area contributed by atoms with Crippen LogP contribution in [0.15, 0.2) is 58.4 Å². The second kappa shape index (κ2) is 8.31. The highest BCUT2D eigenvalue weighted by Gasteiger charge is 2.33. The van der Waals surface area contributed by atoms with Gasteiger partial charge in [0.15, 0.2) is 5.17 Å². The molecule has 1 aliphatic heterocycles. The molecule has 0 radical (unpaired) electrons. The van der Waals surface area contributed by atoms with Crippen LogP contribution in [0.5, 0.6) is 11.5 Å². The monoisotopic (exact) mass is 382 g/mol. The Morgan fingerprint density at radius 1 is 1.15 bits per heavy atom. The number of phenols is 1. The molecule has 2 aromatic carbocycles. The Hall–Kier alpha value is -2.73. The molecule has 0 unspecified atom stereocenters. The standard InChI is InChI=1S/C21H22N2O3S/c1-14(2)13-23-20(25)19(12-15-4-8-17(24)9-5-15)27-21(23)22-16-6-10-18(26-3)11-7-16/h4-12,14,24H,13H2,1-3H3/b19-12+,22-21?. The fourth-order valence-corrected chi connectivity index (χ4v) is 3.61. The van der Waals surface area contributed by atoms with Crippen molar-refractivity contribution in [1.29, 1.82) is 0 Å². The summed E-state index contributed by atoms with van der Waals surface area (Å²) in [5.74, 6) is 1.24. The van der Waals surface area contributed by atoms with Gasteiger partial charge in [-0.25, -0.2) is 4.99 Å². The Morgan fingerprint density at radius 2 is 1.81 bits per heavy atom. The number of nitrogens with zero attached hydrogens (tertiary/aromatic N) is 2. The predicted octanol–water partition coefficient (Wildman–Crippen LogP) is 4.66. The molecule has 1 heterocycles. The summed E-state index contributed by atoms with van der Waals surface area (Å²) >= 11 is 1.37. The Bertz CT molecular complexity index is 871. The Labute approximate surface area is 163 Å². The molecule has 0 saturated carbocycles. The van der Waals surface area contributed by atoms with Gasteiger partial charge in [-0.15, -0.1) is 0 Å². The molecule has 2 aromatic rings. The van der Waals surface area contributed by atoms with Crippen LogP contribution in [0.4, 0.5) is 5.69 Å². The molecular weight excluding hydrogens is 360 g/mol. The maximum atomic E-state index is 12.9. The van der Waals surface area contributed by atoms with E-state index in [9.17, 15) is 9.90 Å². The van der Waals surface area contributed by atoms with Crippen molar-refractivity contribution in [2.24, 2.45) is 10.9 Å². The lowest BCUT2D eigenvalue weighted by molar-refractivity contribution is -0.122. The van der Waals surface area contributed by atoms with E-state index in [2.05, 4.69) is 18.8 Å². The molecule has 140 valence electrons. The highest BCUT2D eigenvalue weighted by atomic mass is 32.2. The lowest BCUT2D eigenvalue weighted by Crippen LogP contribution is -2.32. The molecule has 0 bridgehead atoms. The van der Waals surface area contributed by atoms with Gasteiger partial charge in [0, 0.05) is 6.54 Å². The largest absolute Gasteiger partial charge is 0.508 e. The highest BCUT2D eigenvalue weighted by molar-refractivity contribution is 8.18. The van der Waals surface area contributed by atoms with E-state index in [1.54, 1.807) is 36.3 Å². The number of thioether (sulfide) groups is 1.